The van der Waals surface area contributed by atoms with Crippen LogP contribution in [0.15, 0.2) is 47.1 Å². The lowest BCUT2D eigenvalue weighted by Crippen LogP contribution is -2.32. The molecule has 0 amide bonds. The SMILES string of the molecule is CC(NCC(c1ccco1)N(C)C)c1cccc(C#N)c1. The van der Waals surface area contributed by atoms with Crippen LogP contribution in [0.25, 0.3) is 0 Å². The van der Waals surface area contributed by atoms with Gasteiger partial charge in [0, 0.05) is 12.6 Å². The Labute approximate surface area is 126 Å². The number of nitrogens with one attached hydrogen (secondary N) is 1. The van der Waals surface area contributed by atoms with E-state index in [1.165, 1.54) is 0 Å². The normalized spacial score (nSPS) is 13.9. The van der Waals surface area contributed by atoms with E-state index < -0.39 is 0 Å². The predicted molar refractivity (Wildman–Crippen MR) is 82.7 cm³/mol. The van der Waals surface area contributed by atoms with Gasteiger partial charge in [0.05, 0.1) is 23.9 Å². The Morgan fingerprint density at radius 2 is 2.10 bits per heavy atom. The number of nitriles is 1. The third-order valence-electron chi connectivity index (χ3n) is 3.63. The van der Waals surface area contributed by atoms with Crippen LogP contribution in [-0.2, 0) is 0 Å². The Kier molecular flexibility index (Phi) is 5.15. The minimum absolute atomic E-state index is 0.177. The third kappa shape index (κ3) is 3.94. The molecule has 0 aliphatic heterocycles. The number of hydrogen-bond donors (Lipinski definition) is 1. The highest BCUT2D eigenvalue weighted by atomic mass is 16.3. The fourth-order valence-electron chi connectivity index (χ4n) is 2.30. The maximum Gasteiger partial charge on any atom is 0.122 e. The first kappa shape index (κ1) is 15.3. The van der Waals surface area contributed by atoms with E-state index in [2.05, 4.69) is 23.2 Å². The van der Waals surface area contributed by atoms with Crippen LogP contribution in [-0.4, -0.2) is 25.5 Å². The second-order valence-electron chi connectivity index (χ2n) is 5.36. The lowest BCUT2D eigenvalue weighted by molar-refractivity contribution is 0.245. The Bertz CT molecular complexity index is 599. The van der Waals surface area contributed by atoms with E-state index in [0.717, 1.165) is 17.9 Å². The minimum atomic E-state index is 0.177. The van der Waals surface area contributed by atoms with E-state index in [-0.39, 0.29) is 12.1 Å². The molecule has 0 bridgehead atoms. The summed E-state index contributed by atoms with van der Waals surface area (Å²) in [5, 5.41) is 12.5. The fraction of sp³-hybridized carbons (Fsp3) is 0.353. The van der Waals surface area contributed by atoms with Crippen LogP contribution in [0, 0.1) is 11.3 Å². The Balaban J connectivity index is 2.02. The number of benzene rings is 1. The molecule has 1 heterocycles. The first-order valence-corrected chi connectivity index (χ1v) is 7.05. The molecular formula is C17H21N3O. The quantitative estimate of drug-likeness (QED) is 0.885. The summed E-state index contributed by atoms with van der Waals surface area (Å²) in [5.41, 5.74) is 1.81. The van der Waals surface area contributed by atoms with Crippen molar-refractivity contribution in [2.75, 3.05) is 20.6 Å². The molecule has 0 aliphatic carbocycles. The molecule has 1 aromatic carbocycles. The van der Waals surface area contributed by atoms with Gasteiger partial charge in [0.15, 0.2) is 0 Å². The lowest BCUT2D eigenvalue weighted by Gasteiger charge is -2.25. The summed E-state index contributed by atoms with van der Waals surface area (Å²) in [6.07, 6.45) is 1.70. The van der Waals surface area contributed by atoms with E-state index >= 15 is 0 Å². The summed E-state index contributed by atoms with van der Waals surface area (Å²) < 4.78 is 5.51. The molecule has 2 unspecified atom stereocenters. The molecule has 4 nitrogen and oxygen atoms in total. The Morgan fingerprint density at radius 1 is 1.29 bits per heavy atom. The first-order valence-electron chi connectivity index (χ1n) is 7.05. The average molecular weight is 283 g/mol. The van der Waals surface area contributed by atoms with Gasteiger partial charge in [-0.15, -0.1) is 0 Å². The van der Waals surface area contributed by atoms with Gasteiger partial charge >= 0.3 is 0 Å². The van der Waals surface area contributed by atoms with Crippen LogP contribution in [0.1, 0.15) is 35.9 Å². The average Bonchev–Trinajstić information content (AvgIpc) is 3.01. The second kappa shape index (κ2) is 7.07. The predicted octanol–water partition coefficient (Wildman–Crippen LogP) is 3.10. The summed E-state index contributed by atoms with van der Waals surface area (Å²) in [6, 6.07) is 14.1. The van der Waals surface area contributed by atoms with E-state index in [9.17, 15) is 0 Å². The number of likely N-dealkylation sites (N-methyl/N-ethyl adjacent to an activating group) is 1. The van der Waals surface area contributed by atoms with E-state index in [4.69, 9.17) is 9.68 Å². The Hall–Kier alpha value is -2.09. The van der Waals surface area contributed by atoms with Crippen molar-refractivity contribution in [1.29, 1.82) is 5.26 Å². The van der Waals surface area contributed by atoms with Crippen LogP contribution < -0.4 is 5.32 Å². The van der Waals surface area contributed by atoms with Gasteiger partial charge in [0.1, 0.15) is 5.76 Å². The molecule has 0 aliphatic rings. The summed E-state index contributed by atoms with van der Waals surface area (Å²) in [4.78, 5) is 2.13. The van der Waals surface area contributed by atoms with E-state index in [1.54, 1.807) is 6.26 Å². The smallest absolute Gasteiger partial charge is 0.122 e. The summed E-state index contributed by atoms with van der Waals surface area (Å²) in [5.74, 6) is 0.950. The third-order valence-corrected chi connectivity index (χ3v) is 3.63. The number of rotatable bonds is 6. The molecule has 4 heteroatoms. The maximum atomic E-state index is 8.97. The number of nitrogens with zero attached hydrogens (tertiary/aromatic N) is 2. The Morgan fingerprint density at radius 3 is 2.71 bits per heavy atom. The molecule has 110 valence electrons. The summed E-state index contributed by atoms with van der Waals surface area (Å²) >= 11 is 0. The molecule has 2 rings (SSSR count). The molecule has 1 N–H and O–H groups in total. The van der Waals surface area contributed by atoms with Crippen LogP contribution >= 0.6 is 0 Å². The van der Waals surface area contributed by atoms with Crippen LogP contribution in [0.3, 0.4) is 0 Å². The van der Waals surface area contributed by atoms with Crippen LogP contribution in [0.5, 0.6) is 0 Å². The van der Waals surface area contributed by atoms with Crippen molar-refractivity contribution in [3.8, 4) is 6.07 Å². The van der Waals surface area contributed by atoms with Gasteiger partial charge in [0.2, 0.25) is 0 Å². The number of hydrogen-bond acceptors (Lipinski definition) is 4. The van der Waals surface area contributed by atoms with Gasteiger partial charge < -0.3 is 9.73 Å². The largest absolute Gasteiger partial charge is 0.468 e. The maximum absolute atomic E-state index is 8.97. The zero-order chi connectivity index (χ0) is 15.2. The molecule has 0 saturated heterocycles. The molecule has 0 spiro atoms. The highest BCUT2D eigenvalue weighted by molar-refractivity contribution is 5.34. The summed E-state index contributed by atoms with van der Waals surface area (Å²) in [7, 11) is 4.08. The zero-order valence-electron chi connectivity index (χ0n) is 12.7. The highest BCUT2D eigenvalue weighted by Crippen LogP contribution is 2.20. The molecule has 0 saturated carbocycles. The van der Waals surface area contributed by atoms with Crippen molar-refractivity contribution >= 4 is 0 Å². The number of furan rings is 1. The van der Waals surface area contributed by atoms with Crippen molar-refractivity contribution < 1.29 is 4.42 Å². The van der Waals surface area contributed by atoms with Gasteiger partial charge in [-0.2, -0.15) is 5.26 Å². The van der Waals surface area contributed by atoms with Gasteiger partial charge in [-0.1, -0.05) is 12.1 Å². The van der Waals surface area contributed by atoms with Gasteiger partial charge in [-0.3, -0.25) is 4.90 Å². The lowest BCUT2D eigenvalue weighted by atomic mass is 10.1. The summed E-state index contributed by atoms with van der Waals surface area (Å²) in [6.45, 7) is 2.88. The monoisotopic (exact) mass is 283 g/mol. The molecule has 0 fully saturated rings. The van der Waals surface area contributed by atoms with Crippen LogP contribution in [0.2, 0.25) is 0 Å². The van der Waals surface area contributed by atoms with Crippen molar-refractivity contribution in [2.45, 2.75) is 19.0 Å². The van der Waals surface area contributed by atoms with Gasteiger partial charge in [-0.25, -0.2) is 0 Å². The fourth-order valence-corrected chi connectivity index (χ4v) is 2.30. The van der Waals surface area contributed by atoms with Crippen LogP contribution in [0.4, 0.5) is 0 Å². The highest BCUT2D eigenvalue weighted by Gasteiger charge is 2.18. The molecule has 21 heavy (non-hydrogen) atoms. The standard InChI is InChI=1S/C17H21N3O/c1-13(15-7-4-6-14(10-15)11-18)19-12-16(20(2)3)17-8-5-9-21-17/h4-10,13,16,19H,12H2,1-3H3. The van der Waals surface area contributed by atoms with Gasteiger partial charge in [0.25, 0.3) is 0 Å². The molecule has 1 aromatic heterocycles. The van der Waals surface area contributed by atoms with Crippen molar-refractivity contribution in [3.05, 3.63) is 59.5 Å². The molecule has 2 atom stereocenters. The van der Waals surface area contributed by atoms with Crippen molar-refractivity contribution in [2.24, 2.45) is 0 Å². The second-order valence-corrected chi connectivity index (χ2v) is 5.36. The van der Waals surface area contributed by atoms with Gasteiger partial charge in [-0.05, 0) is 50.8 Å². The van der Waals surface area contributed by atoms with Crippen molar-refractivity contribution in [3.63, 3.8) is 0 Å². The zero-order valence-corrected chi connectivity index (χ0v) is 12.7. The first-order chi connectivity index (χ1) is 10.1. The van der Waals surface area contributed by atoms with E-state index in [0.29, 0.717) is 5.56 Å². The molecular weight excluding hydrogens is 262 g/mol. The topological polar surface area (TPSA) is 52.2 Å². The molecule has 2 aromatic rings. The van der Waals surface area contributed by atoms with Crippen molar-refractivity contribution in [1.82, 2.24) is 10.2 Å². The minimum Gasteiger partial charge on any atom is -0.468 e. The van der Waals surface area contributed by atoms with E-state index in [1.807, 2.05) is 50.5 Å². The molecule has 0 radical (unpaired) electrons.